The normalized spacial score (nSPS) is 15.6. The van der Waals surface area contributed by atoms with Crippen LogP contribution in [0.3, 0.4) is 0 Å². The first-order chi connectivity index (χ1) is 18.4. The van der Waals surface area contributed by atoms with Crippen LogP contribution in [0.4, 0.5) is 0 Å². The van der Waals surface area contributed by atoms with Gasteiger partial charge in [0.25, 0.3) is 0 Å². The van der Waals surface area contributed by atoms with Gasteiger partial charge in [-0.3, -0.25) is 4.79 Å². The van der Waals surface area contributed by atoms with Crippen molar-refractivity contribution in [1.82, 2.24) is 9.88 Å². The van der Waals surface area contributed by atoms with E-state index < -0.39 is 5.97 Å². The van der Waals surface area contributed by atoms with Crippen LogP contribution >= 0.6 is 0 Å². The molecule has 3 aromatic carbocycles. The molecule has 0 amide bonds. The molecule has 5 heteroatoms. The Bertz CT molecular complexity index is 1480. The summed E-state index contributed by atoms with van der Waals surface area (Å²) in [5.74, 6) is -0.645. The van der Waals surface area contributed by atoms with E-state index in [1.807, 2.05) is 54.6 Å². The number of hydrogen-bond donors (Lipinski definition) is 2. The van der Waals surface area contributed by atoms with E-state index in [-0.39, 0.29) is 17.3 Å². The van der Waals surface area contributed by atoms with Gasteiger partial charge in [0.1, 0.15) is 0 Å². The molecule has 38 heavy (non-hydrogen) atoms. The molecule has 2 heterocycles. The number of likely N-dealkylation sites (tertiary alicyclic amines) is 1. The summed E-state index contributed by atoms with van der Waals surface area (Å²) in [4.78, 5) is 31.9. The fraction of sp³-hybridized carbons (Fsp3) is 0.333. The molecule has 2 N–H and O–H groups in total. The Morgan fingerprint density at radius 2 is 1.66 bits per heavy atom. The molecule has 4 aromatic rings. The van der Waals surface area contributed by atoms with Crippen molar-refractivity contribution in [2.45, 2.75) is 58.4 Å². The SMILES string of the molecule is CCc1ccccc1C(=O)c1ccc2[nH]c(-c3ccccc3C(=O)O)c(C3CCN(C(C)CC)CC3)c2c1. The Hall–Kier alpha value is -3.70. The summed E-state index contributed by atoms with van der Waals surface area (Å²) < 4.78 is 0. The van der Waals surface area contributed by atoms with E-state index >= 15 is 0 Å². The maximum atomic E-state index is 13.6. The van der Waals surface area contributed by atoms with Gasteiger partial charge in [0, 0.05) is 33.6 Å². The first kappa shape index (κ1) is 25.9. The highest BCUT2D eigenvalue weighted by Crippen LogP contribution is 2.42. The number of aromatic carboxylic acids is 1. The third-order valence-electron chi connectivity index (χ3n) is 8.32. The number of fused-ring (bicyclic) bond motifs is 1. The minimum absolute atomic E-state index is 0.0237. The quantitative estimate of drug-likeness (QED) is 0.245. The number of carbonyl (C=O) groups excluding carboxylic acids is 1. The number of hydrogen-bond acceptors (Lipinski definition) is 3. The molecule has 1 aliphatic rings. The second kappa shape index (κ2) is 11.0. The zero-order chi connectivity index (χ0) is 26.8. The highest BCUT2D eigenvalue weighted by molar-refractivity contribution is 6.12. The van der Waals surface area contributed by atoms with Crippen LogP contribution in [0, 0.1) is 0 Å². The molecule has 5 nitrogen and oxygen atoms in total. The summed E-state index contributed by atoms with van der Waals surface area (Å²) in [5, 5.41) is 11.0. The largest absolute Gasteiger partial charge is 0.478 e. The number of ketones is 1. The van der Waals surface area contributed by atoms with Crippen LogP contribution in [-0.2, 0) is 6.42 Å². The lowest BCUT2D eigenvalue weighted by molar-refractivity contribution is 0.0697. The van der Waals surface area contributed by atoms with Crippen LogP contribution in [0.1, 0.15) is 83.4 Å². The average Bonchev–Trinajstić information content (AvgIpc) is 3.35. The van der Waals surface area contributed by atoms with Crippen molar-refractivity contribution in [1.29, 1.82) is 0 Å². The molecule has 0 bridgehead atoms. The molecular formula is C33H36N2O3. The first-order valence-corrected chi connectivity index (χ1v) is 13.8. The van der Waals surface area contributed by atoms with E-state index in [1.54, 1.807) is 12.1 Å². The van der Waals surface area contributed by atoms with Gasteiger partial charge in [-0.15, -0.1) is 0 Å². The van der Waals surface area contributed by atoms with Gasteiger partial charge >= 0.3 is 5.97 Å². The molecule has 1 unspecified atom stereocenters. The number of nitrogens with zero attached hydrogens (tertiary/aromatic N) is 1. The number of piperidine rings is 1. The van der Waals surface area contributed by atoms with E-state index in [1.165, 1.54) is 0 Å². The third kappa shape index (κ3) is 4.79. The molecule has 0 spiro atoms. The topological polar surface area (TPSA) is 73.4 Å². The molecule has 0 aliphatic carbocycles. The molecular weight excluding hydrogens is 472 g/mol. The standard InChI is InChI=1S/C33H36N2O3/c1-4-21(3)35-18-16-23(17-19-35)30-28-20-24(32(36)25-11-7-6-10-22(25)5-2)14-15-29(28)34-31(30)26-12-8-9-13-27(26)33(37)38/h6-15,20-21,23,34H,4-5,16-19H2,1-3H3,(H,37,38). The number of aromatic amines is 1. The number of aromatic nitrogens is 1. The van der Waals surface area contributed by atoms with E-state index in [9.17, 15) is 14.7 Å². The highest BCUT2D eigenvalue weighted by atomic mass is 16.4. The lowest BCUT2D eigenvalue weighted by Gasteiger charge is -2.36. The van der Waals surface area contributed by atoms with E-state index in [2.05, 4.69) is 30.7 Å². The molecule has 1 saturated heterocycles. The van der Waals surface area contributed by atoms with Crippen LogP contribution < -0.4 is 0 Å². The molecule has 5 rings (SSSR count). The second-order valence-electron chi connectivity index (χ2n) is 10.4. The van der Waals surface area contributed by atoms with Crippen molar-refractivity contribution < 1.29 is 14.7 Å². The molecule has 0 saturated carbocycles. The van der Waals surface area contributed by atoms with E-state index in [0.29, 0.717) is 17.2 Å². The van der Waals surface area contributed by atoms with Gasteiger partial charge in [0.05, 0.1) is 11.3 Å². The molecule has 1 atom stereocenters. The van der Waals surface area contributed by atoms with Crippen molar-refractivity contribution in [2.75, 3.05) is 13.1 Å². The van der Waals surface area contributed by atoms with Crippen molar-refractivity contribution in [3.05, 3.63) is 94.5 Å². The maximum Gasteiger partial charge on any atom is 0.336 e. The smallest absolute Gasteiger partial charge is 0.336 e. The number of nitrogens with one attached hydrogen (secondary N) is 1. The molecule has 1 fully saturated rings. The van der Waals surface area contributed by atoms with Crippen LogP contribution in [0.5, 0.6) is 0 Å². The van der Waals surface area contributed by atoms with Crippen LogP contribution in [0.2, 0.25) is 0 Å². The Labute approximate surface area is 224 Å². The van der Waals surface area contributed by atoms with Crippen molar-refractivity contribution in [2.24, 2.45) is 0 Å². The number of carboxylic acids is 1. The molecule has 0 radical (unpaired) electrons. The van der Waals surface area contributed by atoms with Crippen LogP contribution in [-0.4, -0.2) is 45.9 Å². The summed E-state index contributed by atoms with van der Waals surface area (Å²) >= 11 is 0. The monoisotopic (exact) mass is 508 g/mol. The van der Waals surface area contributed by atoms with Crippen molar-refractivity contribution in [3.63, 3.8) is 0 Å². The number of H-pyrrole nitrogens is 1. The third-order valence-corrected chi connectivity index (χ3v) is 8.32. The highest BCUT2D eigenvalue weighted by Gasteiger charge is 2.29. The van der Waals surface area contributed by atoms with Crippen LogP contribution in [0.25, 0.3) is 22.2 Å². The van der Waals surface area contributed by atoms with Gasteiger partial charge in [-0.2, -0.15) is 0 Å². The molecule has 196 valence electrons. The Kier molecular flexibility index (Phi) is 7.48. The predicted octanol–water partition coefficient (Wildman–Crippen LogP) is 7.30. The zero-order valence-electron chi connectivity index (χ0n) is 22.5. The zero-order valence-corrected chi connectivity index (χ0v) is 22.5. The van der Waals surface area contributed by atoms with Crippen LogP contribution in [0.15, 0.2) is 66.7 Å². The summed E-state index contributed by atoms with van der Waals surface area (Å²) in [7, 11) is 0. The van der Waals surface area contributed by atoms with E-state index in [4.69, 9.17) is 0 Å². The lowest BCUT2D eigenvalue weighted by Crippen LogP contribution is -2.39. The number of carbonyl (C=O) groups is 2. The fourth-order valence-corrected chi connectivity index (χ4v) is 5.97. The van der Waals surface area contributed by atoms with Gasteiger partial charge in [0.15, 0.2) is 5.78 Å². The van der Waals surface area contributed by atoms with Gasteiger partial charge in [-0.05, 0) is 87.0 Å². The minimum Gasteiger partial charge on any atom is -0.478 e. The number of rotatable bonds is 8. The van der Waals surface area contributed by atoms with Gasteiger partial charge in [0.2, 0.25) is 0 Å². The Balaban J connectivity index is 1.64. The second-order valence-corrected chi connectivity index (χ2v) is 10.4. The van der Waals surface area contributed by atoms with Gasteiger partial charge in [-0.1, -0.05) is 56.3 Å². The van der Waals surface area contributed by atoms with Gasteiger partial charge < -0.3 is 15.0 Å². The average molecular weight is 509 g/mol. The summed E-state index contributed by atoms with van der Waals surface area (Å²) in [6.45, 7) is 8.60. The van der Waals surface area contributed by atoms with Crippen molar-refractivity contribution in [3.8, 4) is 11.3 Å². The molecule has 1 aliphatic heterocycles. The Morgan fingerprint density at radius 1 is 0.974 bits per heavy atom. The van der Waals surface area contributed by atoms with Gasteiger partial charge in [-0.25, -0.2) is 4.79 Å². The predicted molar refractivity (Wildman–Crippen MR) is 153 cm³/mol. The lowest BCUT2D eigenvalue weighted by atomic mass is 9.84. The maximum absolute atomic E-state index is 13.6. The summed E-state index contributed by atoms with van der Waals surface area (Å²) in [6.07, 6.45) is 3.91. The minimum atomic E-state index is -0.941. The number of carboxylic acid groups (broad SMARTS) is 1. The summed E-state index contributed by atoms with van der Waals surface area (Å²) in [5.41, 5.74) is 6.35. The summed E-state index contributed by atoms with van der Waals surface area (Å²) in [6, 6.07) is 21.4. The fourth-order valence-electron chi connectivity index (χ4n) is 5.97. The Morgan fingerprint density at radius 3 is 2.34 bits per heavy atom. The van der Waals surface area contributed by atoms with Crippen molar-refractivity contribution >= 4 is 22.7 Å². The van der Waals surface area contributed by atoms with E-state index in [0.717, 1.165) is 72.1 Å². The number of aryl methyl sites for hydroxylation is 1. The molecule has 1 aromatic heterocycles. The first-order valence-electron chi connectivity index (χ1n) is 13.8. The number of benzene rings is 3.